The molecular weight excluding hydrogens is 416 g/mol. The van der Waals surface area contributed by atoms with Gasteiger partial charge in [0.1, 0.15) is 0 Å². The molecule has 0 amide bonds. The summed E-state index contributed by atoms with van der Waals surface area (Å²) in [6, 6.07) is 7.68. The SMILES string of the molecule is COc1cc(C[C@@H]2CO[C@@H](O)[C@H]2Cc2cc(OC)c(OC)c(OC)c2)cc(OC)c1OC. The minimum atomic E-state index is -0.860. The van der Waals surface area contributed by atoms with E-state index in [1.54, 1.807) is 42.7 Å². The third kappa shape index (κ3) is 4.81. The van der Waals surface area contributed by atoms with E-state index < -0.39 is 6.29 Å². The number of ether oxygens (including phenoxy) is 7. The van der Waals surface area contributed by atoms with Crippen molar-refractivity contribution in [1.29, 1.82) is 0 Å². The van der Waals surface area contributed by atoms with Crippen LogP contribution in [0.4, 0.5) is 0 Å². The highest BCUT2D eigenvalue weighted by Crippen LogP contribution is 2.42. The zero-order chi connectivity index (χ0) is 23.3. The van der Waals surface area contributed by atoms with E-state index in [0.29, 0.717) is 53.9 Å². The Balaban J connectivity index is 1.86. The molecule has 0 aliphatic carbocycles. The Morgan fingerprint density at radius 3 is 1.47 bits per heavy atom. The van der Waals surface area contributed by atoms with E-state index in [4.69, 9.17) is 33.2 Å². The first-order valence-corrected chi connectivity index (χ1v) is 10.4. The first-order chi connectivity index (χ1) is 15.5. The number of aliphatic hydroxyl groups is 1. The van der Waals surface area contributed by atoms with Gasteiger partial charge in [0.15, 0.2) is 29.3 Å². The molecule has 0 saturated carbocycles. The summed E-state index contributed by atoms with van der Waals surface area (Å²) in [5.41, 5.74) is 1.97. The predicted molar refractivity (Wildman–Crippen MR) is 119 cm³/mol. The zero-order valence-electron chi connectivity index (χ0n) is 19.5. The number of aliphatic hydroxyl groups excluding tert-OH is 1. The molecule has 1 N–H and O–H groups in total. The van der Waals surface area contributed by atoms with Gasteiger partial charge in [-0.15, -0.1) is 0 Å². The van der Waals surface area contributed by atoms with Gasteiger partial charge in [0.05, 0.1) is 49.3 Å². The zero-order valence-corrected chi connectivity index (χ0v) is 19.5. The van der Waals surface area contributed by atoms with Crippen molar-refractivity contribution < 1.29 is 38.3 Å². The predicted octanol–water partition coefficient (Wildman–Crippen LogP) is 3.10. The molecule has 3 rings (SSSR count). The van der Waals surface area contributed by atoms with Gasteiger partial charge in [-0.05, 0) is 54.2 Å². The van der Waals surface area contributed by atoms with Crippen LogP contribution in [0.5, 0.6) is 34.5 Å². The van der Waals surface area contributed by atoms with E-state index in [2.05, 4.69) is 0 Å². The molecule has 8 nitrogen and oxygen atoms in total. The van der Waals surface area contributed by atoms with Crippen LogP contribution in [0.2, 0.25) is 0 Å². The van der Waals surface area contributed by atoms with Crippen LogP contribution in [0, 0.1) is 11.8 Å². The summed E-state index contributed by atoms with van der Waals surface area (Å²) in [5, 5.41) is 10.6. The summed E-state index contributed by atoms with van der Waals surface area (Å²) in [6.45, 7) is 0.451. The molecule has 0 spiro atoms. The van der Waals surface area contributed by atoms with Crippen molar-refractivity contribution in [2.24, 2.45) is 11.8 Å². The maximum Gasteiger partial charge on any atom is 0.203 e. The molecule has 1 heterocycles. The van der Waals surface area contributed by atoms with Crippen LogP contribution in [-0.4, -0.2) is 60.7 Å². The smallest absolute Gasteiger partial charge is 0.203 e. The van der Waals surface area contributed by atoms with E-state index in [-0.39, 0.29) is 11.8 Å². The van der Waals surface area contributed by atoms with Gasteiger partial charge >= 0.3 is 0 Å². The minimum absolute atomic E-state index is 0.0897. The fourth-order valence-electron chi connectivity index (χ4n) is 4.26. The summed E-state index contributed by atoms with van der Waals surface area (Å²) >= 11 is 0. The van der Waals surface area contributed by atoms with Crippen molar-refractivity contribution in [1.82, 2.24) is 0 Å². The fraction of sp³-hybridized carbons (Fsp3) is 0.500. The summed E-state index contributed by atoms with van der Waals surface area (Å²) in [6.07, 6.45) is 0.414. The van der Waals surface area contributed by atoms with Crippen LogP contribution in [0.3, 0.4) is 0 Å². The Morgan fingerprint density at radius 1 is 0.688 bits per heavy atom. The quantitative estimate of drug-likeness (QED) is 0.594. The largest absolute Gasteiger partial charge is 0.493 e. The number of methoxy groups -OCH3 is 6. The maximum absolute atomic E-state index is 10.6. The van der Waals surface area contributed by atoms with Gasteiger partial charge in [0.25, 0.3) is 0 Å². The van der Waals surface area contributed by atoms with Gasteiger partial charge in [0, 0.05) is 5.92 Å². The highest BCUT2D eigenvalue weighted by Gasteiger charge is 2.36. The highest BCUT2D eigenvalue weighted by atomic mass is 16.6. The van der Waals surface area contributed by atoms with E-state index in [0.717, 1.165) is 11.1 Å². The second-order valence-electron chi connectivity index (χ2n) is 7.62. The lowest BCUT2D eigenvalue weighted by Crippen LogP contribution is -2.24. The molecule has 32 heavy (non-hydrogen) atoms. The fourth-order valence-corrected chi connectivity index (χ4v) is 4.26. The normalized spacial score (nSPS) is 20.0. The third-order valence-electron chi connectivity index (χ3n) is 5.87. The molecule has 1 saturated heterocycles. The van der Waals surface area contributed by atoms with E-state index in [9.17, 15) is 5.11 Å². The van der Waals surface area contributed by atoms with Crippen LogP contribution in [0.25, 0.3) is 0 Å². The molecule has 0 radical (unpaired) electrons. The molecule has 176 valence electrons. The Hall–Kier alpha value is -2.84. The number of benzene rings is 2. The standard InChI is InChI=1S/C24H32O8/c1-26-18-9-14(10-19(27-2)22(18)30-5)7-16-13-32-24(25)17(16)8-15-11-20(28-3)23(31-6)21(12-15)29-4/h9-12,16-17,24-25H,7-8,13H2,1-6H3/t16-,17+,24-/m1/s1. The lowest BCUT2D eigenvalue weighted by atomic mass is 9.84. The topological polar surface area (TPSA) is 84.8 Å². The van der Waals surface area contributed by atoms with Crippen molar-refractivity contribution >= 4 is 0 Å². The van der Waals surface area contributed by atoms with Crippen molar-refractivity contribution in [3.05, 3.63) is 35.4 Å². The molecule has 2 aromatic carbocycles. The summed E-state index contributed by atoms with van der Waals surface area (Å²) in [4.78, 5) is 0. The molecule has 1 aliphatic rings. The van der Waals surface area contributed by atoms with Crippen molar-refractivity contribution in [3.63, 3.8) is 0 Å². The van der Waals surface area contributed by atoms with Crippen molar-refractivity contribution in [2.75, 3.05) is 49.3 Å². The molecular formula is C24H32O8. The van der Waals surface area contributed by atoms with Crippen LogP contribution >= 0.6 is 0 Å². The summed E-state index contributed by atoms with van der Waals surface area (Å²) < 4.78 is 38.3. The van der Waals surface area contributed by atoms with E-state index >= 15 is 0 Å². The lowest BCUT2D eigenvalue weighted by molar-refractivity contribution is -0.0820. The third-order valence-corrected chi connectivity index (χ3v) is 5.87. The Labute approximate surface area is 188 Å². The summed E-state index contributed by atoms with van der Waals surface area (Å²) in [5.74, 6) is 3.42. The van der Waals surface area contributed by atoms with Crippen molar-refractivity contribution in [3.8, 4) is 34.5 Å². The van der Waals surface area contributed by atoms with Gasteiger partial charge in [-0.3, -0.25) is 0 Å². The Morgan fingerprint density at radius 2 is 1.09 bits per heavy atom. The molecule has 0 aromatic heterocycles. The van der Waals surface area contributed by atoms with Gasteiger partial charge in [-0.25, -0.2) is 0 Å². The summed E-state index contributed by atoms with van der Waals surface area (Å²) in [7, 11) is 9.51. The van der Waals surface area contributed by atoms with Gasteiger partial charge in [0.2, 0.25) is 11.5 Å². The second kappa shape index (κ2) is 10.7. The number of rotatable bonds is 10. The van der Waals surface area contributed by atoms with E-state index in [1.165, 1.54) is 0 Å². The molecule has 0 bridgehead atoms. The van der Waals surface area contributed by atoms with Crippen LogP contribution in [0.1, 0.15) is 11.1 Å². The number of hydrogen-bond acceptors (Lipinski definition) is 8. The van der Waals surface area contributed by atoms with E-state index in [1.807, 2.05) is 24.3 Å². The average Bonchev–Trinajstić information content (AvgIpc) is 3.16. The molecule has 3 atom stereocenters. The molecule has 0 unspecified atom stereocenters. The maximum atomic E-state index is 10.6. The monoisotopic (exact) mass is 448 g/mol. The molecule has 1 aliphatic heterocycles. The number of hydrogen-bond donors (Lipinski definition) is 1. The Bertz CT molecular complexity index is 863. The molecule has 2 aromatic rings. The van der Waals surface area contributed by atoms with Crippen molar-refractivity contribution in [2.45, 2.75) is 19.1 Å². The second-order valence-corrected chi connectivity index (χ2v) is 7.62. The molecule has 1 fully saturated rings. The van der Waals surface area contributed by atoms with Crippen LogP contribution < -0.4 is 28.4 Å². The minimum Gasteiger partial charge on any atom is -0.493 e. The highest BCUT2D eigenvalue weighted by molar-refractivity contribution is 5.55. The average molecular weight is 449 g/mol. The van der Waals surface area contributed by atoms with Gasteiger partial charge in [-0.1, -0.05) is 0 Å². The van der Waals surface area contributed by atoms with Crippen LogP contribution in [-0.2, 0) is 17.6 Å². The lowest BCUT2D eigenvalue weighted by Gasteiger charge is -2.22. The van der Waals surface area contributed by atoms with Crippen LogP contribution in [0.15, 0.2) is 24.3 Å². The molecule has 8 heteroatoms. The first kappa shape index (κ1) is 23.8. The Kier molecular flexibility index (Phi) is 7.93. The first-order valence-electron chi connectivity index (χ1n) is 10.4. The van der Waals surface area contributed by atoms with Gasteiger partial charge in [-0.2, -0.15) is 0 Å². The van der Waals surface area contributed by atoms with Gasteiger partial charge < -0.3 is 38.3 Å².